The third kappa shape index (κ3) is 7.66. The van der Waals surface area contributed by atoms with Crippen LogP contribution < -0.4 is 10.1 Å². The topological polar surface area (TPSA) is 46.1 Å². The van der Waals surface area contributed by atoms with Gasteiger partial charge in [-0.05, 0) is 37.3 Å². The minimum Gasteiger partial charge on any atom is -0.490 e. The summed E-state index contributed by atoms with van der Waals surface area (Å²) >= 11 is 12.1. The highest BCUT2D eigenvalue weighted by molar-refractivity contribution is 14.0. The summed E-state index contributed by atoms with van der Waals surface area (Å²) in [5.74, 6) is 2.22. The highest BCUT2D eigenvalue weighted by atomic mass is 127. The number of nitrogens with one attached hydrogen (secondary N) is 1. The fourth-order valence-corrected chi connectivity index (χ4v) is 3.17. The molecule has 1 aromatic rings. The van der Waals surface area contributed by atoms with E-state index in [1.165, 1.54) is 0 Å². The molecule has 0 saturated carbocycles. The molecule has 0 amide bonds. The van der Waals surface area contributed by atoms with Crippen molar-refractivity contribution in [2.45, 2.75) is 19.3 Å². The smallest absolute Gasteiger partial charge is 0.193 e. The number of nitrogens with zero attached hydrogens (tertiary/aromatic N) is 2. The van der Waals surface area contributed by atoms with Crippen molar-refractivity contribution in [2.24, 2.45) is 10.9 Å². The second-order valence-electron chi connectivity index (χ2n) is 6.14. The number of hydrogen-bond acceptors (Lipinski definition) is 3. The summed E-state index contributed by atoms with van der Waals surface area (Å²) in [4.78, 5) is 6.49. The summed E-state index contributed by atoms with van der Waals surface area (Å²) in [6, 6.07) is 5.37. The van der Waals surface area contributed by atoms with Crippen LogP contribution in [0.3, 0.4) is 0 Å². The van der Waals surface area contributed by atoms with Gasteiger partial charge in [0.05, 0.1) is 11.6 Å². The minimum atomic E-state index is 0. The lowest BCUT2D eigenvalue weighted by Crippen LogP contribution is -2.41. The molecule has 26 heavy (non-hydrogen) atoms. The molecular weight excluding hydrogens is 488 g/mol. The van der Waals surface area contributed by atoms with E-state index in [9.17, 15) is 0 Å². The van der Waals surface area contributed by atoms with Gasteiger partial charge in [-0.15, -0.1) is 24.0 Å². The summed E-state index contributed by atoms with van der Waals surface area (Å²) in [7, 11) is 3.85. The molecule has 8 heteroatoms. The second-order valence-corrected chi connectivity index (χ2v) is 6.93. The van der Waals surface area contributed by atoms with Crippen molar-refractivity contribution in [3.63, 3.8) is 0 Å². The fraction of sp³-hybridized carbons (Fsp3) is 0.611. The summed E-state index contributed by atoms with van der Waals surface area (Å²) in [5, 5.41) is 4.25. The van der Waals surface area contributed by atoms with Crippen LogP contribution in [0.25, 0.3) is 0 Å². The Hall–Kier alpha value is -0.440. The van der Waals surface area contributed by atoms with Crippen molar-refractivity contribution in [1.29, 1.82) is 0 Å². The first kappa shape index (κ1) is 23.6. The Morgan fingerprint density at radius 2 is 2.08 bits per heavy atom. The van der Waals surface area contributed by atoms with E-state index in [1.807, 2.05) is 12.1 Å². The van der Waals surface area contributed by atoms with Crippen LogP contribution in [0, 0.1) is 5.92 Å². The van der Waals surface area contributed by atoms with Crippen LogP contribution >= 0.6 is 47.2 Å². The van der Waals surface area contributed by atoms with Gasteiger partial charge in [0.1, 0.15) is 17.4 Å². The van der Waals surface area contributed by atoms with E-state index in [0.717, 1.165) is 50.9 Å². The molecule has 0 atom stereocenters. The van der Waals surface area contributed by atoms with Crippen LogP contribution in [-0.2, 0) is 4.74 Å². The highest BCUT2D eigenvalue weighted by Crippen LogP contribution is 2.31. The first-order valence-corrected chi connectivity index (χ1v) is 9.43. The molecule has 1 heterocycles. The lowest BCUT2D eigenvalue weighted by molar-refractivity contribution is 0.0625. The SMILES string of the molecule is CN=C(NCCOc1cccc(Cl)c1Cl)N(C)CCC1CCOCC1.I. The molecule has 0 aliphatic carbocycles. The molecule has 1 fully saturated rings. The lowest BCUT2D eigenvalue weighted by atomic mass is 9.96. The maximum atomic E-state index is 6.11. The molecule has 1 aliphatic heterocycles. The van der Waals surface area contributed by atoms with Gasteiger partial charge in [-0.2, -0.15) is 0 Å². The first-order chi connectivity index (χ1) is 12.1. The maximum absolute atomic E-state index is 6.11. The van der Waals surface area contributed by atoms with Crippen LogP contribution in [0.2, 0.25) is 10.0 Å². The van der Waals surface area contributed by atoms with Crippen molar-refractivity contribution >= 4 is 53.1 Å². The van der Waals surface area contributed by atoms with Crippen LogP contribution in [0.5, 0.6) is 5.75 Å². The minimum absolute atomic E-state index is 0. The average Bonchev–Trinajstić information content (AvgIpc) is 2.64. The quantitative estimate of drug-likeness (QED) is 0.254. The molecule has 0 aromatic heterocycles. The van der Waals surface area contributed by atoms with E-state index in [-0.39, 0.29) is 24.0 Å². The molecule has 5 nitrogen and oxygen atoms in total. The van der Waals surface area contributed by atoms with Crippen LogP contribution in [-0.4, -0.2) is 57.9 Å². The van der Waals surface area contributed by atoms with E-state index >= 15 is 0 Å². The zero-order valence-electron chi connectivity index (χ0n) is 15.3. The Balaban J connectivity index is 0.00000338. The summed E-state index contributed by atoms with van der Waals surface area (Å²) < 4.78 is 11.1. The van der Waals surface area contributed by atoms with Gasteiger partial charge in [-0.3, -0.25) is 4.99 Å². The first-order valence-electron chi connectivity index (χ1n) is 8.68. The maximum Gasteiger partial charge on any atom is 0.193 e. The van der Waals surface area contributed by atoms with Crippen molar-refractivity contribution in [3.8, 4) is 5.75 Å². The van der Waals surface area contributed by atoms with E-state index in [0.29, 0.717) is 28.9 Å². The van der Waals surface area contributed by atoms with Crippen LogP contribution in [0.4, 0.5) is 0 Å². The van der Waals surface area contributed by atoms with Crippen molar-refractivity contribution < 1.29 is 9.47 Å². The van der Waals surface area contributed by atoms with E-state index in [2.05, 4.69) is 22.3 Å². The van der Waals surface area contributed by atoms with Crippen LogP contribution in [0.1, 0.15) is 19.3 Å². The molecule has 1 aromatic carbocycles. The molecule has 148 valence electrons. The molecule has 2 rings (SSSR count). The molecule has 1 aliphatic rings. The standard InChI is InChI=1S/C18H27Cl2N3O2.HI/c1-21-18(23(2)10-6-14-7-11-24-12-8-14)22-9-13-25-16-5-3-4-15(19)17(16)20;/h3-5,14H,6-13H2,1-2H3,(H,21,22);1H. The van der Waals surface area contributed by atoms with Gasteiger partial charge >= 0.3 is 0 Å². The normalized spacial score (nSPS) is 15.3. The third-order valence-electron chi connectivity index (χ3n) is 4.35. The molecule has 0 radical (unpaired) electrons. The number of guanidine groups is 1. The Bertz CT molecular complexity index is 569. The van der Waals surface area contributed by atoms with Crippen molar-refractivity contribution in [1.82, 2.24) is 10.2 Å². The Labute approximate surface area is 183 Å². The largest absolute Gasteiger partial charge is 0.490 e. The second kappa shape index (κ2) is 12.9. The zero-order valence-corrected chi connectivity index (χ0v) is 19.2. The predicted molar refractivity (Wildman–Crippen MR) is 120 cm³/mol. The highest BCUT2D eigenvalue weighted by Gasteiger charge is 2.15. The molecule has 0 spiro atoms. The molecule has 0 unspecified atom stereocenters. The molecule has 1 saturated heterocycles. The van der Waals surface area contributed by atoms with E-state index in [4.69, 9.17) is 32.7 Å². The molecule has 1 N–H and O–H groups in total. The average molecular weight is 516 g/mol. The number of hydrogen-bond donors (Lipinski definition) is 1. The lowest BCUT2D eigenvalue weighted by Gasteiger charge is -2.26. The monoisotopic (exact) mass is 515 g/mol. The van der Waals surface area contributed by atoms with Gasteiger partial charge in [0.15, 0.2) is 5.96 Å². The fourth-order valence-electron chi connectivity index (χ4n) is 2.82. The summed E-state index contributed by atoms with van der Waals surface area (Å²) in [6.07, 6.45) is 3.48. The Kier molecular flexibility index (Phi) is 11.7. The third-order valence-corrected chi connectivity index (χ3v) is 5.15. The summed E-state index contributed by atoms with van der Waals surface area (Å²) in [5.41, 5.74) is 0. The van der Waals surface area contributed by atoms with Gasteiger partial charge in [0, 0.05) is 33.9 Å². The predicted octanol–water partition coefficient (Wildman–Crippen LogP) is 4.31. The number of halogens is 3. The Morgan fingerprint density at radius 3 is 2.77 bits per heavy atom. The summed E-state index contributed by atoms with van der Waals surface area (Å²) in [6.45, 7) is 3.88. The molecule has 0 bridgehead atoms. The number of rotatable bonds is 7. The van der Waals surface area contributed by atoms with Gasteiger partial charge in [0.25, 0.3) is 0 Å². The number of aliphatic imine (C=N–C) groups is 1. The van der Waals surface area contributed by atoms with Gasteiger partial charge in [-0.1, -0.05) is 29.3 Å². The van der Waals surface area contributed by atoms with Gasteiger partial charge in [-0.25, -0.2) is 0 Å². The van der Waals surface area contributed by atoms with Gasteiger partial charge in [0.2, 0.25) is 0 Å². The molecular formula is C18H28Cl2IN3O2. The van der Waals surface area contributed by atoms with Crippen molar-refractivity contribution in [2.75, 3.05) is 47.0 Å². The van der Waals surface area contributed by atoms with E-state index in [1.54, 1.807) is 13.1 Å². The zero-order chi connectivity index (χ0) is 18.1. The number of benzene rings is 1. The van der Waals surface area contributed by atoms with E-state index < -0.39 is 0 Å². The Morgan fingerprint density at radius 1 is 1.35 bits per heavy atom. The number of ether oxygens (including phenoxy) is 2. The van der Waals surface area contributed by atoms with Gasteiger partial charge < -0.3 is 19.7 Å². The van der Waals surface area contributed by atoms with Crippen LogP contribution in [0.15, 0.2) is 23.2 Å². The van der Waals surface area contributed by atoms with Crippen molar-refractivity contribution in [3.05, 3.63) is 28.2 Å².